The van der Waals surface area contributed by atoms with Crippen molar-refractivity contribution in [1.29, 1.82) is 0 Å². The number of carbonyl (C=O) groups excluding carboxylic acids is 1. The van der Waals surface area contributed by atoms with E-state index in [0.29, 0.717) is 24.2 Å². The highest BCUT2D eigenvalue weighted by atomic mass is 19.1. The molecule has 1 saturated heterocycles. The van der Waals surface area contributed by atoms with Crippen molar-refractivity contribution in [2.75, 3.05) is 11.4 Å². The quantitative estimate of drug-likeness (QED) is 0.853. The highest BCUT2D eigenvalue weighted by Gasteiger charge is 2.32. The summed E-state index contributed by atoms with van der Waals surface area (Å²) >= 11 is 0. The van der Waals surface area contributed by atoms with Crippen molar-refractivity contribution in [2.45, 2.75) is 31.9 Å². The van der Waals surface area contributed by atoms with Crippen LogP contribution in [0.5, 0.6) is 0 Å². The predicted octanol–water partition coefficient (Wildman–Crippen LogP) is 1.33. The van der Waals surface area contributed by atoms with E-state index in [1.54, 1.807) is 24.0 Å². The molecule has 4 nitrogen and oxygen atoms in total. The molecule has 2 atom stereocenters. The molecule has 0 radical (unpaired) electrons. The van der Waals surface area contributed by atoms with E-state index in [9.17, 15) is 14.3 Å². The average molecular weight is 252 g/mol. The number of aliphatic hydroxyl groups is 1. The van der Waals surface area contributed by atoms with Crippen molar-refractivity contribution in [3.63, 3.8) is 0 Å². The first-order chi connectivity index (χ1) is 8.52. The van der Waals surface area contributed by atoms with E-state index >= 15 is 0 Å². The summed E-state index contributed by atoms with van der Waals surface area (Å²) in [6.45, 7) is 2.15. The summed E-state index contributed by atoms with van der Waals surface area (Å²) in [7, 11) is 0. The van der Waals surface area contributed by atoms with Crippen LogP contribution in [0.2, 0.25) is 0 Å². The lowest BCUT2D eigenvalue weighted by molar-refractivity contribution is -0.119. The van der Waals surface area contributed by atoms with Gasteiger partial charge in [-0.25, -0.2) is 4.39 Å². The van der Waals surface area contributed by atoms with E-state index in [-0.39, 0.29) is 0 Å². The van der Waals surface area contributed by atoms with Gasteiger partial charge in [-0.2, -0.15) is 0 Å². The Hall–Kier alpha value is -1.62. The predicted molar refractivity (Wildman–Crippen MR) is 66.6 cm³/mol. The van der Waals surface area contributed by atoms with Crippen molar-refractivity contribution >= 4 is 11.6 Å². The lowest BCUT2D eigenvalue weighted by Gasteiger charge is -2.28. The van der Waals surface area contributed by atoms with Gasteiger partial charge in [-0.3, -0.25) is 4.79 Å². The summed E-state index contributed by atoms with van der Waals surface area (Å²) in [5, 5.41) is 9.70. The van der Waals surface area contributed by atoms with Crippen LogP contribution in [0.15, 0.2) is 18.2 Å². The van der Waals surface area contributed by atoms with E-state index in [1.165, 1.54) is 6.07 Å². The highest BCUT2D eigenvalue weighted by molar-refractivity contribution is 5.84. The van der Waals surface area contributed by atoms with Crippen LogP contribution in [0.4, 0.5) is 10.1 Å². The molecule has 98 valence electrons. The first-order valence-electron chi connectivity index (χ1n) is 6.04. The normalized spacial score (nSPS) is 21.1. The van der Waals surface area contributed by atoms with Crippen molar-refractivity contribution in [1.82, 2.24) is 0 Å². The van der Waals surface area contributed by atoms with Crippen molar-refractivity contribution < 1.29 is 14.3 Å². The van der Waals surface area contributed by atoms with Gasteiger partial charge in [-0.05, 0) is 25.8 Å². The number of primary amides is 1. The Kier molecular flexibility index (Phi) is 3.52. The number of benzene rings is 1. The molecule has 3 N–H and O–H groups in total. The van der Waals surface area contributed by atoms with Gasteiger partial charge in [0, 0.05) is 12.1 Å². The summed E-state index contributed by atoms with van der Waals surface area (Å²) in [5.41, 5.74) is 6.13. The van der Waals surface area contributed by atoms with Crippen LogP contribution in [0.1, 0.15) is 31.4 Å². The molecule has 0 bridgehead atoms. The molecule has 0 saturated carbocycles. The topological polar surface area (TPSA) is 66.6 Å². The first-order valence-corrected chi connectivity index (χ1v) is 6.04. The number of carbonyl (C=O) groups is 1. The first kappa shape index (κ1) is 12.8. The maximum Gasteiger partial charge on any atom is 0.240 e. The summed E-state index contributed by atoms with van der Waals surface area (Å²) in [6.07, 6.45) is 0.634. The van der Waals surface area contributed by atoms with Crippen LogP contribution < -0.4 is 10.6 Å². The number of hydrogen-bond acceptors (Lipinski definition) is 3. The van der Waals surface area contributed by atoms with Crippen molar-refractivity contribution in [2.24, 2.45) is 5.73 Å². The number of amides is 1. The molecule has 1 heterocycles. The van der Waals surface area contributed by atoms with E-state index in [1.807, 2.05) is 0 Å². The van der Waals surface area contributed by atoms with Crippen LogP contribution in [0.25, 0.3) is 0 Å². The molecule has 0 spiro atoms. The fourth-order valence-corrected chi connectivity index (χ4v) is 2.50. The number of para-hydroxylation sites is 1. The minimum atomic E-state index is -0.787. The molecule has 18 heavy (non-hydrogen) atoms. The molecule has 2 rings (SSSR count). The molecule has 1 aliphatic heterocycles. The number of nitrogens with two attached hydrogens (primary N) is 1. The number of anilines is 1. The molecule has 1 aliphatic rings. The zero-order valence-corrected chi connectivity index (χ0v) is 10.3. The Morgan fingerprint density at radius 3 is 2.94 bits per heavy atom. The Balaban J connectivity index is 2.46. The average Bonchev–Trinajstić information content (AvgIpc) is 2.77. The third-order valence-electron chi connectivity index (χ3n) is 3.34. The van der Waals surface area contributed by atoms with E-state index in [2.05, 4.69) is 0 Å². The van der Waals surface area contributed by atoms with Gasteiger partial charge in [0.05, 0.1) is 11.8 Å². The van der Waals surface area contributed by atoms with Gasteiger partial charge in [0.1, 0.15) is 11.9 Å². The maximum atomic E-state index is 14.0. The summed E-state index contributed by atoms with van der Waals surface area (Å²) in [5.74, 6) is -0.881. The standard InChI is InChI=1S/C13H17FN2O2/c1-8(17)9-4-2-5-10(14)12(9)16-7-3-6-11(16)13(15)18/h2,4-5,8,11,17H,3,6-7H2,1H3,(H2,15,18)/t8-,11?/m0/s1. The third kappa shape index (κ3) is 2.18. The second-order valence-corrected chi connectivity index (χ2v) is 4.61. The largest absolute Gasteiger partial charge is 0.389 e. The molecule has 0 aliphatic carbocycles. The number of hydrogen-bond donors (Lipinski definition) is 2. The SMILES string of the molecule is C[C@H](O)c1cccc(F)c1N1CCCC1C(N)=O. The monoisotopic (exact) mass is 252 g/mol. The van der Waals surface area contributed by atoms with Crippen LogP contribution in [-0.2, 0) is 4.79 Å². The maximum absolute atomic E-state index is 14.0. The van der Waals surface area contributed by atoms with Crippen LogP contribution >= 0.6 is 0 Å². The number of aliphatic hydroxyl groups excluding tert-OH is 1. The Morgan fingerprint density at radius 1 is 1.61 bits per heavy atom. The van der Waals surface area contributed by atoms with Gasteiger partial charge in [0.25, 0.3) is 0 Å². The highest BCUT2D eigenvalue weighted by Crippen LogP contribution is 2.34. The molecule has 1 fully saturated rings. The Bertz CT molecular complexity index is 462. The number of nitrogens with zero attached hydrogens (tertiary/aromatic N) is 1. The van der Waals surface area contributed by atoms with Gasteiger partial charge < -0.3 is 15.7 Å². The van der Waals surface area contributed by atoms with Gasteiger partial charge >= 0.3 is 0 Å². The van der Waals surface area contributed by atoms with Crippen molar-refractivity contribution in [3.8, 4) is 0 Å². The molecule has 0 aromatic heterocycles. The second-order valence-electron chi connectivity index (χ2n) is 4.61. The van der Waals surface area contributed by atoms with E-state index < -0.39 is 23.9 Å². The van der Waals surface area contributed by atoms with E-state index in [0.717, 1.165) is 6.42 Å². The number of halogens is 1. The Morgan fingerprint density at radius 2 is 2.33 bits per heavy atom. The van der Waals surface area contributed by atoms with Crippen molar-refractivity contribution in [3.05, 3.63) is 29.6 Å². The molecule has 1 aromatic carbocycles. The minimum absolute atomic E-state index is 0.300. The fraction of sp³-hybridized carbons (Fsp3) is 0.462. The lowest BCUT2D eigenvalue weighted by Crippen LogP contribution is -2.41. The fourth-order valence-electron chi connectivity index (χ4n) is 2.50. The smallest absolute Gasteiger partial charge is 0.240 e. The van der Waals surface area contributed by atoms with Crippen LogP contribution in [0, 0.1) is 5.82 Å². The molecule has 1 unspecified atom stereocenters. The van der Waals surface area contributed by atoms with Gasteiger partial charge in [-0.15, -0.1) is 0 Å². The number of rotatable bonds is 3. The lowest BCUT2D eigenvalue weighted by atomic mass is 10.1. The van der Waals surface area contributed by atoms with Gasteiger partial charge in [0.2, 0.25) is 5.91 Å². The van der Waals surface area contributed by atoms with Crippen LogP contribution in [0.3, 0.4) is 0 Å². The molecular weight excluding hydrogens is 235 g/mol. The molecule has 1 amide bonds. The second kappa shape index (κ2) is 4.94. The summed E-state index contributed by atoms with van der Waals surface area (Å²) in [6, 6.07) is 4.06. The summed E-state index contributed by atoms with van der Waals surface area (Å²) in [4.78, 5) is 13.0. The Labute approximate surface area is 105 Å². The minimum Gasteiger partial charge on any atom is -0.389 e. The molecule has 1 aromatic rings. The third-order valence-corrected chi connectivity index (χ3v) is 3.34. The zero-order chi connectivity index (χ0) is 13.3. The molecule has 5 heteroatoms. The summed E-state index contributed by atoms with van der Waals surface area (Å²) < 4.78 is 14.0. The molecular formula is C13H17FN2O2. The zero-order valence-electron chi connectivity index (χ0n) is 10.3. The van der Waals surface area contributed by atoms with Gasteiger partial charge in [0.15, 0.2) is 0 Å². The van der Waals surface area contributed by atoms with Crippen LogP contribution in [-0.4, -0.2) is 23.6 Å². The van der Waals surface area contributed by atoms with E-state index in [4.69, 9.17) is 5.73 Å². The van der Waals surface area contributed by atoms with Gasteiger partial charge in [-0.1, -0.05) is 12.1 Å².